The minimum Gasteiger partial charge on any atom is -0.352 e. The Balaban J connectivity index is 2.01. The van der Waals surface area contributed by atoms with Gasteiger partial charge in [-0.2, -0.15) is 0 Å². The number of nitrogens with zero attached hydrogens (tertiary/aromatic N) is 2. The number of hydrogen-bond donors (Lipinski definition) is 2. The molecular weight excluding hydrogens is 422 g/mol. The smallest absolute Gasteiger partial charge is 0.260 e. The van der Waals surface area contributed by atoms with Gasteiger partial charge >= 0.3 is 0 Å². The van der Waals surface area contributed by atoms with Gasteiger partial charge in [0.2, 0.25) is 5.91 Å². The van der Waals surface area contributed by atoms with E-state index in [0.29, 0.717) is 15.9 Å². The van der Waals surface area contributed by atoms with E-state index in [2.05, 4.69) is 31.5 Å². The van der Waals surface area contributed by atoms with Crippen LogP contribution in [0.4, 0.5) is 14.6 Å². The summed E-state index contributed by atoms with van der Waals surface area (Å²) in [6, 6.07) is 4.83. The molecule has 27 heavy (non-hydrogen) atoms. The van der Waals surface area contributed by atoms with E-state index in [4.69, 9.17) is 0 Å². The van der Waals surface area contributed by atoms with Crippen LogP contribution in [0.15, 0.2) is 34.9 Å². The molecule has 3 rings (SSSR count). The minimum absolute atomic E-state index is 0.102. The first-order valence-corrected chi connectivity index (χ1v) is 9.03. The van der Waals surface area contributed by atoms with E-state index in [1.165, 1.54) is 17.2 Å². The van der Waals surface area contributed by atoms with Gasteiger partial charge < -0.3 is 15.5 Å². The molecule has 1 unspecified atom stereocenters. The first kappa shape index (κ1) is 19.2. The lowest BCUT2D eigenvalue weighted by molar-refractivity contribution is -0.122. The molecule has 1 atom stereocenters. The van der Waals surface area contributed by atoms with Crippen molar-refractivity contribution in [1.29, 1.82) is 0 Å². The number of anilines is 1. The maximum Gasteiger partial charge on any atom is 0.260 e. The van der Waals surface area contributed by atoms with E-state index < -0.39 is 23.7 Å². The molecule has 0 radical (unpaired) electrons. The molecule has 6 nitrogen and oxygen atoms in total. The summed E-state index contributed by atoms with van der Waals surface area (Å²) in [5, 5.41) is 5.75. The van der Waals surface area contributed by atoms with Crippen LogP contribution in [-0.2, 0) is 4.79 Å². The number of carbonyl (C=O) groups excluding carboxylic acids is 2. The predicted molar refractivity (Wildman–Crippen MR) is 99.0 cm³/mol. The Morgan fingerprint density at radius 1 is 1.33 bits per heavy atom. The van der Waals surface area contributed by atoms with Crippen molar-refractivity contribution in [2.45, 2.75) is 26.1 Å². The number of carbonyl (C=O) groups is 2. The minimum atomic E-state index is -1.04. The fraction of sp³-hybridized carbons (Fsp3) is 0.278. The highest BCUT2D eigenvalue weighted by molar-refractivity contribution is 9.10. The molecular formula is C18H17BrF2N4O2. The van der Waals surface area contributed by atoms with Crippen molar-refractivity contribution in [3.8, 4) is 0 Å². The Morgan fingerprint density at radius 3 is 2.74 bits per heavy atom. The molecule has 0 saturated carbocycles. The third-order valence-corrected chi connectivity index (χ3v) is 4.39. The average Bonchev–Trinajstić information content (AvgIpc) is 2.59. The number of rotatable bonds is 4. The summed E-state index contributed by atoms with van der Waals surface area (Å²) in [6.45, 7) is 3.36. The van der Waals surface area contributed by atoms with Crippen LogP contribution in [0.2, 0.25) is 0 Å². The standard InChI is InChI=1S/C18H17BrF2N4O2/c1-9(2)23-15(26)8-25-17(10-3-4-13(20)14(21)5-10)24-16-12(18(25)27)6-11(19)7-22-16/h3-7,9,17H,8H2,1-2H3,(H,22,24)(H,23,26). The molecule has 1 aliphatic heterocycles. The zero-order valence-corrected chi connectivity index (χ0v) is 16.2. The number of pyridine rings is 1. The lowest BCUT2D eigenvalue weighted by Gasteiger charge is -2.37. The number of amides is 2. The van der Waals surface area contributed by atoms with Crippen molar-refractivity contribution < 1.29 is 18.4 Å². The molecule has 0 fully saturated rings. The van der Waals surface area contributed by atoms with Crippen LogP contribution in [0.3, 0.4) is 0 Å². The highest BCUT2D eigenvalue weighted by Gasteiger charge is 2.35. The lowest BCUT2D eigenvalue weighted by Crippen LogP contribution is -2.49. The topological polar surface area (TPSA) is 74.3 Å². The van der Waals surface area contributed by atoms with Crippen LogP contribution >= 0.6 is 15.9 Å². The second-order valence-corrected chi connectivity index (χ2v) is 7.34. The molecule has 2 N–H and O–H groups in total. The number of halogens is 3. The number of hydrogen-bond acceptors (Lipinski definition) is 4. The van der Waals surface area contributed by atoms with Crippen LogP contribution < -0.4 is 10.6 Å². The Morgan fingerprint density at radius 2 is 2.07 bits per heavy atom. The molecule has 142 valence electrons. The summed E-state index contributed by atoms with van der Waals surface area (Å²) in [5.41, 5.74) is 0.579. The summed E-state index contributed by atoms with van der Waals surface area (Å²) in [5.74, 6) is -2.53. The van der Waals surface area contributed by atoms with Crippen molar-refractivity contribution >= 4 is 33.6 Å². The second-order valence-electron chi connectivity index (χ2n) is 6.43. The molecule has 2 heterocycles. The predicted octanol–water partition coefficient (Wildman–Crippen LogP) is 3.21. The molecule has 1 aromatic heterocycles. The van der Waals surface area contributed by atoms with Crippen LogP contribution in [0, 0.1) is 11.6 Å². The van der Waals surface area contributed by atoms with Crippen LogP contribution in [0.5, 0.6) is 0 Å². The van der Waals surface area contributed by atoms with E-state index in [-0.39, 0.29) is 24.1 Å². The van der Waals surface area contributed by atoms with Gasteiger partial charge in [-0.05, 0) is 53.5 Å². The van der Waals surface area contributed by atoms with Gasteiger partial charge in [0.25, 0.3) is 5.91 Å². The maximum atomic E-state index is 13.7. The SMILES string of the molecule is CC(C)NC(=O)CN1C(=O)c2cc(Br)cnc2NC1c1ccc(F)c(F)c1. The maximum absolute atomic E-state index is 13.7. The fourth-order valence-corrected chi connectivity index (χ4v) is 3.16. The molecule has 1 aromatic carbocycles. The Kier molecular flexibility index (Phi) is 5.41. The largest absolute Gasteiger partial charge is 0.352 e. The van der Waals surface area contributed by atoms with E-state index in [1.807, 2.05) is 0 Å². The summed E-state index contributed by atoms with van der Waals surface area (Å²) in [7, 11) is 0. The summed E-state index contributed by atoms with van der Waals surface area (Å²) in [6.07, 6.45) is 0.648. The van der Waals surface area contributed by atoms with Gasteiger partial charge in [-0.25, -0.2) is 13.8 Å². The first-order chi connectivity index (χ1) is 12.8. The van der Waals surface area contributed by atoms with Gasteiger partial charge in [0.05, 0.1) is 5.56 Å². The van der Waals surface area contributed by atoms with Gasteiger partial charge in [-0.15, -0.1) is 0 Å². The molecule has 0 spiro atoms. The third-order valence-electron chi connectivity index (χ3n) is 3.95. The Hall–Kier alpha value is -2.55. The first-order valence-electron chi connectivity index (χ1n) is 8.23. The molecule has 0 saturated heterocycles. The molecule has 0 bridgehead atoms. The van der Waals surface area contributed by atoms with Gasteiger partial charge in [0.1, 0.15) is 18.5 Å². The summed E-state index contributed by atoms with van der Waals surface area (Å²) < 4.78 is 27.7. The van der Waals surface area contributed by atoms with Crippen molar-refractivity contribution in [1.82, 2.24) is 15.2 Å². The normalized spacial score (nSPS) is 16.1. The van der Waals surface area contributed by atoms with Crippen molar-refractivity contribution in [2.75, 3.05) is 11.9 Å². The molecule has 2 amide bonds. The molecule has 0 aliphatic carbocycles. The van der Waals surface area contributed by atoms with Crippen molar-refractivity contribution in [3.05, 3.63) is 57.7 Å². The van der Waals surface area contributed by atoms with E-state index >= 15 is 0 Å². The number of fused-ring (bicyclic) bond motifs is 1. The van der Waals surface area contributed by atoms with Crippen molar-refractivity contribution in [2.24, 2.45) is 0 Å². The Labute approximate surface area is 163 Å². The van der Waals surface area contributed by atoms with Crippen LogP contribution in [0.25, 0.3) is 0 Å². The van der Waals surface area contributed by atoms with E-state index in [0.717, 1.165) is 12.1 Å². The summed E-state index contributed by atoms with van der Waals surface area (Å²) in [4.78, 5) is 30.7. The third kappa shape index (κ3) is 4.08. The monoisotopic (exact) mass is 438 g/mol. The van der Waals surface area contributed by atoms with Crippen LogP contribution in [-0.4, -0.2) is 34.3 Å². The lowest BCUT2D eigenvalue weighted by atomic mass is 10.1. The zero-order chi connectivity index (χ0) is 19.7. The Bertz CT molecular complexity index is 907. The molecule has 2 aromatic rings. The van der Waals surface area contributed by atoms with Gasteiger partial charge in [0.15, 0.2) is 11.6 Å². The summed E-state index contributed by atoms with van der Waals surface area (Å²) >= 11 is 3.27. The average molecular weight is 439 g/mol. The number of benzene rings is 1. The van der Waals surface area contributed by atoms with E-state index in [9.17, 15) is 18.4 Å². The van der Waals surface area contributed by atoms with Gasteiger partial charge in [0, 0.05) is 16.7 Å². The number of aromatic nitrogens is 1. The number of nitrogens with one attached hydrogen (secondary N) is 2. The van der Waals surface area contributed by atoms with E-state index in [1.54, 1.807) is 19.9 Å². The molecule has 1 aliphatic rings. The van der Waals surface area contributed by atoms with Gasteiger partial charge in [-0.3, -0.25) is 9.59 Å². The quantitative estimate of drug-likeness (QED) is 0.768. The van der Waals surface area contributed by atoms with Crippen LogP contribution in [0.1, 0.15) is 35.9 Å². The van der Waals surface area contributed by atoms with Gasteiger partial charge in [-0.1, -0.05) is 6.07 Å². The zero-order valence-electron chi connectivity index (χ0n) is 14.6. The highest BCUT2D eigenvalue weighted by atomic mass is 79.9. The highest BCUT2D eigenvalue weighted by Crippen LogP contribution is 2.33. The molecule has 9 heteroatoms. The van der Waals surface area contributed by atoms with Crippen molar-refractivity contribution in [3.63, 3.8) is 0 Å². The fourth-order valence-electron chi connectivity index (χ4n) is 2.83. The second kappa shape index (κ2) is 7.59.